The van der Waals surface area contributed by atoms with Crippen LogP contribution in [0.15, 0.2) is 24.3 Å². The summed E-state index contributed by atoms with van der Waals surface area (Å²) in [6.07, 6.45) is -10.7. The summed E-state index contributed by atoms with van der Waals surface area (Å²) < 4.78 is 32.3. The molecular weight excluding hydrogens is 560 g/mol. The first-order chi connectivity index (χ1) is 20.1. The van der Waals surface area contributed by atoms with Gasteiger partial charge >= 0.3 is 11.9 Å². The Morgan fingerprint density at radius 1 is 0.619 bits per heavy atom. The third-order valence-electron chi connectivity index (χ3n) is 7.01. The van der Waals surface area contributed by atoms with Gasteiger partial charge in [0.05, 0.1) is 11.1 Å². The van der Waals surface area contributed by atoms with Crippen molar-refractivity contribution < 1.29 is 68.6 Å². The van der Waals surface area contributed by atoms with Gasteiger partial charge < -0.3 is 59.1 Å². The van der Waals surface area contributed by atoms with E-state index in [9.17, 15) is 40.2 Å². The largest absolute Gasteiger partial charge is 0.459 e. The Balaban J connectivity index is 1.50. The van der Waals surface area contributed by atoms with Crippen molar-refractivity contribution in [1.82, 2.24) is 0 Å². The van der Waals surface area contributed by atoms with Gasteiger partial charge in [-0.3, -0.25) is 0 Å². The van der Waals surface area contributed by atoms with Gasteiger partial charge in [-0.15, -0.1) is 0 Å². The standard InChI is InChI=1S/C28H42O14/c1-3-5-11-37-27-23(33)21(31)19(29)17(41-27)13-39-25(35)15-7-9-16(10-8-15)26(36)40-14-18-20(30)22(32)24(34)28(42-18)38-12-6-4-2/h7-10,17-24,27-34H,3-6,11-14H2,1-2H3/t17-,18-,19-,20-,21+,22+,23-,24-,27+,28+/m1/s1. The molecule has 0 saturated carbocycles. The van der Waals surface area contributed by atoms with Crippen molar-refractivity contribution in [3.63, 3.8) is 0 Å². The van der Waals surface area contributed by atoms with Crippen LogP contribution >= 0.6 is 0 Å². The SMILES string of the molecule is CCCCO[C@H]1O[C@H](COC(=O)c2ccc(C(=O)OC[C@H]3O[C@H](OCCCC)[C@H](O)[C@@H](O)[C@@H]3O)cc2)[C@@H](O)[C@H](O)[C@H]1O. The van der Waals surface area contributed by atoms with Crippen molar-refractivity contribution in [1.29, 1.82) is 0 Å². The van der Waals surface area contributed by atoms with Crippen molar-refractivity contribution in [2.75, 3.05) is 26.4 Å². The van der Waals surface area contributed by atoms with Crippen LogP contribution in [0.5, 0.6) is 0 Å². The number of ether oxygens (including phenoxy) is 6. The van der Waals surface area contributed by atoms with Crippen molar-refractivity contribution in [2.24, 2.45) is 0 Å². The number of rotatable bonds is 14. The third kappa shape index (κ3) is 8.89. The van der Waals surface area contributed by atoms with Crippen molar-refractivity contribution in [3.05, 3.63) is 35.4 Å². The van der Waals surface area contributed by atoms with Gasteiger partial charge in [-0.25, -0.2) is 9.59 Å². The molecule has 14 heteroatoms. The van der Waals surface area contributed by atoms with Gasteiger partial charge in [0.1, 0.15) is 62.0 Å². The molecule has 0 aliphatic carbocycles. The molecule has 1 aromatic carbocycles. The summed E-state index contributed by atoms with van der Waals surface area (Å²) in [5, 5.41) is 60.9. The van der Waals surface area contributed by atoms with Gasteiger partial charge in [0, 0.05) is 13.2 Å². The van der Waals surface area contributed by atoms with Gasteiger partial charge in [0.15, 0.2) is 12.6 Å². The summed E-state index contributed by atoms with van der Waals surface area (Å²) in [7, 11) is 0. The van der Waals surface area contributed by atoms with Crippen molar-refractivity contribution in [2.45, 2.75) is 101 Å². The molecule has 2 heterocycles. The number of esters is 2. The van der Waals surface area contributed by atoms with E-state index < -0.39 is 86.6 Å². The van der Waals surface area contributed by atoms with E-state index in [0.717, 1.165) is 12.8 Å². The second kappa shape index (κ2) is 16.6. The zero-order valence-corrected chi connectivity index (χ0v) is 23.7. The molecule has 3 rings (SSSR count). The van der Waals surface area contributed by atoms with Gasteiger partial charge in [-0.2, -0.15) is 0 Å². The van der Waals surface area contributed by atoms with Crippen LogP contribution in [0.4, 0.5) is 0 Å². The Morgan fingerprint density at radius 3 is 1.31 bits per heavy atom. The number of unbranched alkanes of at least 4 members (excludes halogenated alkanes) is 2. The highest BCUT2D eigenvalue weighted by Crippen LogP contribution is 2.24. The quantitative estimate of drug-likeness (QED) is 0.114. The van der Waals surface area contributed by atoms with Crippen LogP contribution in [0.25, 0.3) is 0 Å². The fourth-order valence-corrected chi connectivity index (χ4v) is 4.30. The Hall–Kier alpha value is -2.24. The predicted molar refractivity (Wildman–Crippen MR) is 142 cm³/mol. The third-order valence-corrected chi connectivity index (χ3v) is 7.01. The molecule has 10 atom stereocenters. The summed E-state index contributed by atoms with van der Waals surface area (Å²) in [6, 6.07) is 5.26. The molecule has 14 nitrogen and oxygen atoms in total. The van der Waals surface area contributed by atoms with Crippen LogP contribution in [-0.2, 0) is 28.4 Å². The predicted octanol–water partition coefficient (Wildman–Crippen LogP) is -0.751. The maximum atomic E-state index is 12.5. The summed E-state index contributed by atoms with van der Waals surface area (Å²) in [5.41, 5.74) is 0.145. The maximum Gasteiger partial charge on any atom is 0.338 e. The zero-order valence-electron chi connectivity index (χ0n) is 23.7. The Morgan fingerprint density at radius 2 is 0.976 bits per heavy atom. The van der Waals surface area contributed by atoms with E-state index in [4.69, 9.17) is 28.4 Å². The smallest absolute Gasteiger partial charge is 0.338 e. The number of carbonyl (C=O) groups is 2. The highest BCUT2D eigenvalue weighted by molar-refractivity contribution is 5.93. The number of benzene rings is 1. The summed E-state index contributed by atoms with van der Waals surface area (Å²) in [6.45, 7) is 3.58. The first-order valence-electron chi connectivity index (χ1n) is 14.2. The molecule has 6 N–H and O–H groups in total. The highest BCUT2D eigenvalue weighted by atomic mass is 16.7. The molecule has 2 aliphatic rings. The second-order valence-corrected chi connectivity index (χ2v) is 10.3. The minimum atomic E-state index is -1.56. The van der Waals surface area contributed by atoms with E-state index in [0.29, 0.717) is 12.8 Å². The average Bonchev–Trinajstić information content (AvgIpc) is 2.99. The number of aliphatic hydroxyl groups is 6. The molecule has 238 valence electrons. The lowest BCUT2D eigenvalue weighted by Crippen LogP contribution is -2.59. The van der Waals surface area contributed by atoms with Gasteiger partial charge in [-0.05, 0) is 37.1 Å². The van der Waals surface area contributed by atoms with Crippen LogP contribution in [0, 0.1) is 0 Å². The van der Waals surface area contributed by atoms with E-state index in [1.807, 2.05) is 13.8 Å². The minimum absolute atomic E-state index is 0.0726. The maximum absolute atomic E-state index is 12.5. The molecule has 1 aromatic rings. The fraction of sp³-hybridized carbons (Fsp3) is 0.714. The molecular formula is C28H42O14. The molecule has 0 spiro atoms. The molecule has 0 aromatic heterocycles. The number of hydrogen-bond donors (Lipinski definition) is 6. The second-order valence-electron chi connectivity index (χ2n) is 10.3. The topological polar surface area (TPSA) is 211 Å². The lowest BCUT2D eigenvalue weighted by atomic mass is 9.99. The van der Waals surface area contributed by atoms with Crippen LogP contribution in [0.1, 0.15) is 60.2 Å². The lowest BCUT2D eigenvalue weighted by molar-refractivity contribution is -0.300. The van der Waals surface area contributed by atoms with Gasteiger partial charge in [0.2, 0.25) is 0 Å². The Labute approximate surface area is 243 Å². The van der Waals surface area contributed by atoms with Crippen LogP contribution < -0.4 is 0 Å². The first kappa shape index (κ1) is 34.3. The van der Waals surface area contributed by atoms with Crippen molar-refractivity contribution >= 4 is 11.9 Å². The molecule has 2 aliphatic heterocycles. The zero-order chi connectivity index (χ0) is 30.8. The molecule has 42 heavy (non-hydrogen) atoms. The van der Waals surface area contributed by atoms with E-state index in [1.54, 1.807) is 0 Å². The normalized spacial score (nSPS) is 33.2. The van der Waals surface area contributed by atoms with Gasteiger partial charge in [0.25, 0.3) is 0 Å². The molecule has 0 radical (unpaired) electrons. The van der Waals surface area contributed by atoms with Crippen LogP contribution in [0.2, 0.25) is 0 Å². The van der Waals surface area contributed by atoms with Crippen molar-refractivity contribution in [3.8, 4) is 0 Å². The molecule has 2 fully saturated rings. The van der Waals surface area contributed by atoms with Gasteiger partial charge in [-0.1, -0.05) is 26.7 Å². The Kier molecular flexibility index (Phi) is 13.5. The van der Waals surface area contributed by atoms with E-state index in [-0.39, 0.29) is 24.3 Å². The molecule has 0 bridgehead atoms. The molecule has 0 amide bonds. The fourth-order valence-electron chi connectivity index (χ4n) is 4.30. The summed E-state index contributed by atoms with van der Waals surface area (Å²) in [4.78, 5) is 25.1. The molecule has 2 saturated heterocycles. The lowest BCUT2D eigenvalue weighted by Gasteiger charge is -2.40. The van der Waals surface area contributed by atoms with E-state index in [1.165, 1.54) is 24.3 Å². The summed E-state index contributed by atoms with van der Waals surface area (Å²) in [5.74, 6) is -1.59. The number of carbonyl (C=O) groups excluding carboxylic acids is 2. The summed E-state index contributed by atoms with van der Waals surface area (Å²) >= 11 is 0. The monoisotopic (exact) mass is 602 g/mol. The average molecular weight is 603 g/mol. The minimum Gasteiger partial charge on any atom is -0.459 e. The van der Waals surface area contributed by atoms with Crippen LogP contribution in [0.3, 0.4) is 0 Å². The Bertz CT molecular complexity index is 897. The first-order valence-corrected chi connectivity index (χ1v) is 14.2. The van der Waals surface area contributed by atoms with Crippen LogP contribution in [-0.4, -0.2) is 130 Å². The van der Waals surface area contributed by atoms with E-state index in [2.05, 4.69) is 0 Å². The molecule has 0 unspecified atom stereocenters. The number of hydrogen-bond acceptors (Lipinski definition) is 14. The number of aliphatic hydroxyl groups excluding tert-OH is 6. The highest BCUT2D eigenvalue weighted by Gasteiger charge is 2.46. The van der Waals surface area contributed by atoms with E-state index >= 15 is 0 Å².